The number of Topliss-reactive ketones (excluding diaryl/α,β-unsaturated/α-hetero) is 1. The van der Waals surface area contributed by atoms with E-state index < -0.39 is 6.10 Å². The first kappa shape index (κ1) is 25.2. The molecular weight excluding hydrogens is 408 g/mol. The fraction of sp³-hybridized carbons (Fsp3) is 0.833. The molecule has 0 spiro atoms. The van der Waals surface area contributed by atoms with E-state index >= 15 is 0 Å². The Bertz CT molecular complexity index is 868. The molecule has 0 bridgehead atoms. The number of carbonyl (C=O) groups excluding carboxylic acids is 1. The lowest BCUT2D eigenvalue weighted by Gasteiger charge is -2.61. The van der Waals surface area contributed by atoms with E-state index in [0.29, 0.717) is 24.0 Å². The largest absolute Gasteiger partial charge is 0.393 e. The third-order valence-corrected chi connectivity index (χ3v) is 11.8. The van der Waals surface area contributed by atoms with E-state index in [1.165, 1.54) is 17.6 Å². The summed E-state index contributed by atoms with van der Waals surface area (Å²) < 4.78 is 0. The second-order valence-electron chi connectivity index (χ2n) is 13.6. The Morgan fingerprint density at radius 1 is 1.09 bits per heavy atom. The molecule has 4 rings (SSSR count). The minimum Gasteiger partial charge on any atom is -0.393 e. The van der Waals surface area contributed by atoms with Crippen LogP contribution in [0.5, 0.6) is 0 Å². The van der Waals surface area contributed by atoms with Crippen LogP contribution in [0.2, 0.25) is 0 Å². The molecule has 2 saturated carbocycles. The van der Waals surface area contributed by atoms with Gasteiger partial charge in [0.2, 0.25) is 0 Å². The quantitative estimate of drug-likeness (QED) is 0.457. The van der Waals surface area contributed by atoms with Gasteiger partial charge in [-0.05, 0) is 92.3 Å². The lowest BCUT2D eigenvalue weighted by atomic mass is 9.43. The number of aliphatic hydroxyl groups is 2. The van der Waals surface area contributed by atoms with E-state index in [9.17, 15) is 15.0 Å². The van der Waals surface area contributed by atoms with Crippen molar-refractivity contribution in [1.82, 2.24) is 0 Å². The smallest absolute Gasteiger partial charge is 0.159 e. The molecule has 0 aromatic rings. The summed E-state index contributed by atoms with van der Waals surface area (Å²) >= 11 is 0. The zero-order chi connectivity index (χ0) is 24.6. The number of aliphatic hydroxyl groups excluding tert-OH is 2. The molecule has 0 heterocycles. The van der Waals surface area contributed by atoms with Crippen molar-refractivity contribution in [3.8, 4) is 0 Å². The molecule has 4 aliphatic carbocycles. The number of ketones is 1. The molecule has 33 heavy (non-hydrogen) atoms. The summed E-state index contributed by atoms with van der Waals surface area (Å²) in [6.45, 7) is 19.8. The SMILES string of the molecule is C=C(C)[C@@H](O)CC[C@@H](C)[C@@H]1CC[C@]2(C)C3=C(CC[C@@]12C)[C@@]1(C)CC[C@H](O)C(C)(C)[C@@H]1CC3=O. The van der Waals surface area contributed by atoms with Crippen LogP contribution in [0.3, 0.4) is 0 Å². The van der Waals surface area contributed by atoms with E-state index in [0.717, 1.165) is 50.5 Å². The normalized spacial score (nSPS) is 44.0. The lowest BCUT2D eigenvalue weighted by molar-refractivity contribution is -0.134. The molecule has 0 aliphatic heterocycles. The molecule has 3 nitrogen and oxygen atoms in total. The maximum Gasteiger partial charge on any atom is 0.159 e. The highest BCUT2D eigenvalue weighted by Gasteiger charge is 2.65. The summed E-state index contributed by atoms with van der Waals surface area (Å²) in [6.07, 6.45) is 7.95. The van der Waals surface area contributed by atoms with Crippen molar-refractivity contribution >= 4 is 5.78 Å². The molecule has 4 aliphatic rings. The number of rotatable bonds is 5. The van der Waals surface area contributed by atoms with Gasteiger partial charge < -0.3 is 10.2 Å². The number of hydrogen-bond acceptors (Lipinski definition) is 3. The minimum atomic E-state index is -0.407. The Kier molecular flexibility index (Phi) is 6.14. The van der Waals surface area contributed by atoms with Crippen LogP contribution in [0.15, 0.2) is 23.3 Å². The van der Waals surface area contributed by atoms with Gasteiger partial charge in [0.15, 0.2) is 5.78 Å². The van der Waals surface area contributed by atoms with Crippen molar-refractivity contribution in [3.63, 3.8) is 0 Å². The van der Waals surface area contributed by atoms with Gasteiger partial charge >= 0.3 is 0 Å². The molecule has 8 atom stereocenters. The highest BCUT2D eigenvalue weighted by Crippen LogP contribution is 2.71. The van der Waals surface area contributed by atoms with Crippen molar-refractivity contribution in [2.45, 2.75) is 118 Å². The van der Waals surface area contributed by atoms with Crippen LogP contribution in [0.1, 0.15) is 106 Å². The van der Waals surface area contributed by atoms with Gasteiger partial charge in [0.1, 0.15) is 0 Å². The number of carbonyl (C=O) groups is 1. The van der Waals surface area contributed by atoms with Crippen molar-refractivity contribution in [2.24, 2.45) is 39.4 Å². The summed E-state index contributed by atoms with van der Waals surface area (Å²) in [4.78, 5) is 13.9. The monoisotopic (exact) mass is 456 g/mol. The molecule has 0 saturated heterocycles. The third kappa shape index (κ3) is 3.46. The van der Waals surface area contributed by atoms with E-state index in [2.05, 4.69) is 48.1 Å². The van der Waals surface area contributed by atoms with Crippen LogP contribution in [0.25, 0.3) is 0 Å². The van der Waals surface area contributed by atoms with Crippen molar-refractivity contribution in [2.75, 3.05) is 0 Å². The van der Waals surface area contributed by atoms with Gasteiger partial charge in [0.25, 0.3) is 0 Å². The van der Waals surface area contributed by atoms with Gasteiger partial charge in [-0.25, -0.2) is 0 Å². The fourth-order valence-electron chi connectivity index (χ4n) is 9.17. The Balaban J connectivity index is 1.68. The van der Waals surface area contributed by atoms with Gasteiger partial charge in [-0.1, -0.05) is 59.3 Å². The first-order valence-corrected chi connectivity index (χ1v) is 13.5. The third-order valence-electron chi connectivity index (χ3n) is 11.8. The molecule has 2 fully saturated rings. The summed E-state index contributed by atoms with van der Waals surface area (Å²) in [5.74, 6) is 1.71. The Labute approximate surface area is 202 Å². The van der Waals surface area contributed by atoms with E-state index in [1.54, 1.807) is 0 Å². The highest BCUT2D eigenvalue weighted by molar-refractivity contribution is 5.99. The van der Waals surface area contributed by atoms with Gasteiger partial charge in [0, 0.05) is 17.4 Å². The second kappa shape index (κ2) is 8.05. The van der Waals surface area contributed by atoms with Crippen molar-refractivity contribution < 1.29 is 15.0 Å². The van der Waals surface area contributed by atoms with Gasteiger partial charge in [0.05, 0.1) is 12.2 Å². The summed E-state index contributed by atoms with van der Waals surface area (Å²) in [7, 11) is 0. The maximum absolute atomic E-state index is 13.9. The average Bonchev–Trinajstić information content (AvgIpc) is 3.02. The summed E-state index contributed by atoms with van der Waals surface area (Å²) in [6, 6.07) is 0. The van der Waals surface area contributed by atoms with Crippen LogP contribution < -0.4 is 0 Å². The number of allylic oxidation sites excluding steroid dienone is 2. The molecule has 3 heteroatoms. The lowest BCUT2D eigenvalue weighted by Crippen LogP contribution is -2.57. The van der Waals surface area contributed by atoms with Crippen LogP contribution in [0.4, 0.5) is 0 Å². The maximum atomic E-state index is 13.9. The summed E-state index contributed by atoms with van der Waals surface area (Å²) in [5, 5.41) is 21.1. The molecular formula is C30H48O3. The molecule has 0 amide bonds. The van der Waals surface area contributed by atoms with E-state index in [-0.39, 0.29) is 33.7 Å². The first-order valence-electron chi connectivity index (χ1n) is 13.5. The summed E-state index contributed by atoms with van der Waals surface area (Å²) in [5.41, 5.74) is 3.38. The van der Waals surface area contributed by atoms with Crippen LogP contribution in [-0.2, 0) is 4.79 Å². The number of fused-ring (bicyclic) bond motifs is 4. The van der Waals surface area contributed by atoms with Crippen LogP contribution >= 0.6 is 0 Å². The van der Waals surface area contributed by atoms with Gasteiger partial charge in [-0.15, -0.1) is 0 Å². The van der Waals surface area contributed by atoms with Crippen molar-refractivity contribution in [1.29, 1.82) is 0 Å². The van der Waals surface area contributed by atoms with Crippen LogP contribution in [0, 0.1) is 39.4 Å². The Morgan fingerprint density at radius 3 is 2.39 bits per heavy atom. The minimum absolute atomic E-state index is 0.0333. The molecule has 0 radical (unpaired) electrons. The zero-order valence-corrected chi connectivity index (χ0v) is 22.3. The fourth-order valence-corrected chi connectivity index (χ4v) is 9.17. The highest BCUT2D eigenvalue weighted by atomic mass is 16.3. The molecule has 0 unspecified atom stereocenters. The number of hydrogen-bond donors (Lipinski definition) is 2. The first-order chi connectivity index (χ1) is 15.2. The van der Waals surface area contributed by atoms with Gasteiger partial charge in [-0.2, -0.15) is 0 Å². The Morgan fingerprint density at radius 2 is 1.76 bits per heavy atom. The van der Waals surface area contributed by atoms with Gasteiger partial charge in [-0.3, -0.25) is 4.79 Å². The predicted molar refractivity (Wildman–Crippen MR) is 135 cm³/mol. The predicted octanol–water partition coefficient (Wildman–Crippen LogP) is 6.63. The van der Waals surface area contributed by atoms with E-state index in [4.69, 9.17) is 0 Å². The molecule has 0 aromatic carbocycles. The molecule has 186 valence electrons. The molecule has 2 N–H and O–H groups in total. The molecule has 0 aromatic heterocycles. The second-order valence-corrected chi connectivity index (χ2v) is 13.6. The van der Waals surface area contributed by atoms with Crippen LogP contribution in [-0.4, -0.2) is 28.2 Å². The Hall–Kier alpha value is -0.930. The standard InChI is InChI=1S/C30H48O3/c1-18(2)22(31)10-9-19(3)20-11-16-30(8)26-21(12-15-29(20,30)7)28(6)14-13-25(33)27(4,5)24(28)17-23(26)32/h19-20,22,24-25,31,33H,1,9-17H2,2-8H3/t19-,20+,22+,24+,25+,28-,29+,30-/m1/s1. The van der Waals surface area contributed by atoms with E-state index in [1.807, 2.05) is 6.92 Å². The van der Waals surface area contributed by atoms with Crippen molar-refractivity contribution in [3.05, 3.63) is 23.3 Å². The zero-order valence-electron chi connectivity index (χ0n) is 22.3. The average molecular weight is 457 g/mol. The topological polar surface area (TPSA) is 57.5 Å².